The van der Waals surface area contributed by atoms with Gasteiger partial charge in [0.05, 0.1) is 16.9 Å². The van der Waals surface area contributed by atoms with Gasteiger partial charge in [-0.3, -0.25) is 9.59 Å². The molecule has 1 aromatic carbocycles. The minimum Gasteiger partial charge on any atom is -0.370 e. The predicted octanol–water partition coefficient (Wildman–Crippen LogP) is 3.74. The number of aryl methyl sites for hydroxylation is 2. The van der Waals surface area contributed by atoms with Crippen molar-refractivity contribution in [1.29, 1.82) is 0 Å². The molecule has 2 aromatic heterocycles. The third kappa shape index (κ3) is 5.13. The maximum absolute atomic E-state index is 12.6. The number of fused-ring (bicyclic) bond motifs is 3. The number of anilines is 1. The van der Waals surface area contributed by atoms with Gasteiger partial charge in [-0.1, -0.05) is 18.2 Å². The standard InChI is InChI=1S/C23H28N4O2S2/c1-15(27(2)16-8-4-3-5-9-16)12-24-20(28)14-30-13-19-25-22(29)21-17-10-6-7-11-18(17)31-23(21)26-19/h3-5,8-9,15H,6-7,10-14H2,1-2H3,(H,24,28)(H,25,26,29). The number of amides is 1. The first-order chi connectivity index (χ1) is 15.0. The molecule has 3 aromatic rings. The lowest BCUT2D eigenvalue weighted by atomic mass is 9.97. The summed E-state index contributed by atoms with van der Waals surface area (Å²) in [6.45, 7) is 2.66. The van der Waals surface area contributed by atoms with Crippen molar-refractivity contribution in [2.75, 3.05) is 24.2 Å². The van der Waals surface area contributed by atoms with E-state index in [0.717, 1.165) is 35.2 Å². The van der Waals surface area contributed by atoms with E-state index in [-0.39, 0.29) is 17.5 Å². The number of benzene rings is 1. The van der Waals surface area contributed by atoms with Gasteiger partial charge in [0, 0.05) is 30.2 Å². The average molecular weight is 457 g/mol. The van der Waals surface area contributed by atoms with Gasteiger partial charge >= 0.3 is 0 Å². The van der Waals surface area contributed by atoms with Crippen molar-refractivity contribution in [2.45, 2.75) is 44.4 Å². The molecule has 0 saturated heterocycles. The van der Waals surface area contributed by atoms with E-state index in [1.54, 1.807) is 11.3 Å². The van der Waals surface area contributed by atoms with Gasteiger partial charge in [0.2, 0.25) is 5.91 Å². The van der Waals surface area contributed by atoms with Crippen LogP contribution in [0.3, 0.4) is 0 Å². The molecule has 0 saturated carbocycles. The summed E-state index contributed by atoms with van der Waals surface area (Å²) in [5.74, 6) is 1.49. The number of nitrogens with zero attached hydrogens (tertiary/aromatic N) is 2. The third-order valence-corrected chi connectivity index (χ3v) is 7.89. The molecule has 2 N–H and O–H groups in total. The molecule has 0 bridgehead atoms. The first kappa shape index (κ1) is 21.9. The van der Waals surface area contributed by atoms with E-state index in [9.17, 15) is 9.59 Å². The fourth-order valence-corrected chi connectivity index (χ4v) is 5.88. The number of aromatic nitrogens is 2. The number of nitrogens with one attached hydrogen (secondary N) is 2. The molecule has 2 heterocycles. The molecule has 1 atom stereocenters. The second-order valence-corrected chi connectivity index (χ2v) is 10.1. The van der Waals surface area contributed by atoms with Crippen LogP contribution in [0.4, 0.5) is 5.69 Å². The quantitative estimate of drug-likeness (QED) is 0.540. The number of thioether (sulfide) groups is 1. The zero-order valence-corrected chi connectivity index (χ0v) is 19.6. The minimum atomic E-state index is -0.0396. The normalized spacial score (nSPS) is 14.3. The topological polar surface area (TPSA) is 78.1 Å². The number of rotatable bonds is 8. The van der Waals surface area contributed by atoms with Crippen molar-refractivity contribution in [1.82, 2.24) is 15.3 Å². The van der Waals surface area contributed by atoms with Gasteiger partial charge in [-0.25, -0.2) is 4.98 Å². The van der Waals surface area contributed by atoms with Crippen LogP contribution in [0.15, 0.2) is 35.1 Å². The summed E-state index contributed by atoms with van der Waals surface area (Å²) in [6, 6.07) is 10.3. The monoisotopic (exact) mass is 456 g/mol. The van der Waals surface area contributed by atoms with E-state index in [0.29, 0.717) is 23.9 Å². The van der Waals surface area contributed by atoms with Crippen LogP contribution in [0.5, 0.6) is 0 Å². The first-order valence-electron chi connectivity index (χ1n) is 10.7. The van der Waals surface area contributed by atoms with Crippen LogP contribution in [-0.2, 0) is 23.4 Å². The van der Waals surface area contributed by atoms with Gasteiger partial charge in [-0.05, 0) is 50.3 Å². The van der Waals surface area contributed by atoms with Crippen LogP contribution in [0.25, 0.3) is 10.2 Å². The molecule has 8 heteroatoms. The van der Waals surface area contributed by atoms with Crippen molar-refractivity contribution in [3.05, 3.63) is 57.0 Å². The minimum absolute atomic E-state index is 0.00618. The van der Waals surface area contributed by atoms with E-state index in [1.165, 1.54) is 28.6 Å². The van der Waals surface area contributed by atoms with E-state index >= 15 is 0 Å². The Bertz CT molecular complexity index is 1110. The van der Waals surface area contributed by atoms with Crippen LogP contribution < -0.4 is 15.8 Å². The number of hydrogen-bond acceptors (Lipinski definition) is 6. The number of hydrogen-bond donors (Lipinski definition) is 2. The smallest absolute Gasteiger partial charge is 0.259 e. The lowest BCUT2D eigenvalue weighted by Gasteiger charge is -2.27. The lowest BCUT2D eigenvalue weighted by molar-refractivity contribution is -0.118. The zero-order chi connectivity index (χ0) is 21.8. The maximum atomic E-state index is 12.6. The number of carbonyl (C=O) groups is 1. The number of thiophene rings is 1. The Morgan fingerprint density at radius 1 is 1.29 bits per heavy atom. The summed E-state index contributed by atoms with van der Waals surface area (Å²) in [5.41, 5.74) is 2.29. The van der Waals surface area contributed by atoms with Gasteiger partial charge in [0.1, 0.15) is 10.7 Å². The SMILES string of the molecule is CC(CNC(=O)CSCc1nc2sc3c(c2c(=O)[nH]1)CCCC3)N(C)c1ccccc1. The van der Waals surface area contributed by atoms with Crippen molar-refractivity contribution in [3.8, 4) is 0 Å². The molecule has 6 nitrogen and oxygen atoms in total. The molecular formula is C23H28N4O2S2. The molecule has 1 aliphatic rings. The molecule has 1 amide bonds. The maximum Gasteiger partial charge on any atom is 0.259 e. The fraction of sp³-hybridized carbons (Fsp3) is 0.435. The molecule has 31 heavy (non-hydrogen) atoms. The molecule has 1 unspecified atom stereocenters. The van der Waals surface area contributed by atoms with Gasteiger partial charge in [0.15, 0.2) is 0 Å². The molecule has 0 radical (unpaired) electrons. The highest BCUT2D eigenvalue weighted by molar-refractivity contribution is 7.99. The number of carbonyl (C=O) groups excluding carboxylic acids is 1. The summed E-state index contributed by atoms with van der Waals surface area (Å²) in [7, 11) is 2.03. The summed E-state index contributed by atoms with van der Waals surface area (Å²) in [6.07, 6.45) is 4.37. The van der Waals surface area contributed by atoms with E-state index in [1.807, 2.05) is 25.2 Å². The lowest BCUT2D eigenvalue weighted by Crippen LogP contribution is -2.40. The van der Waals surface area contributed by atoms with Crippen molar-refractivity contribution < 1.29 is 4.79 Å². The van der Waals surface area contributed by atoms with Crippen LogP contribution in [0.2, 0.25) is 0 Å². The van der Waals surface area contributed by atoms with Gasteiger partial charge in [-0.15, -0.1) is 23.1 Å². The largest absolute Gasteiger partial charge is 0.370 e. The van der Waals surface area contributed by atoms with Gasteiger partial charge < -0.3 is 15.2 Å². The zero-order valence-electron chi connectivity index (χ0n) is 17.9. The Morgan fingerprint density at radius 3 is 2.87 bits per heavy atom. The molecule has 164 valence electrons. The van der Waals surface area contributed by atoms with Crippen molar-refractivity contribution >= 4 is 44.9 Å². The molecule has 1 aliphatic carbocycles. The van der Waals surface area contributed by atoms with E-state index in [4.69, 9.17) is 0 Å². The highest BCUT2D eigenvalue weighted by Gasteiger charge is 2.20. The van der Waals surface area contributed by atoms with Crippen LogP contribution >= 0.6 is 23.1 Å². The summed E-state index contributed by atoms with van der Waals surface area (Å²) < 4.78 is 0. The van der Waals surface area contributed by atoms with E-state index < -0.39 is 0 Å². The number of para-hydroxylation sites is 1. The Morgan fingerprint density at radius 2 is 2.06 bits per heavy atom. The molecule has 0 aliphatic heterocycles. The number of likely N-dealkylation sites (N-methyl/N-ethyl adjacent to an activating group) is 1. The molecular weight excluding hydrogens is 428 g/mol. The van der Waals surface area contributed by atoms with Gasteiger partial charge in [0.25, 0.3) is 5.56 Å². The summed E-state index contributed by atoms with van der Waals surface area (Å²) in [5, 5.41) is 3.78. The Labute approximate surface area is 190 Å². The van der Waals surface area contributed by atoms with Crippen molar-refractivity contribution in [3.63, 3.8) is 0 Å². The van der Waals surface area contributed by atoms with Crippen LogP contribution in [0, 0.1) is 0 Å². The highest BCUT2D eigenvalue weighted by Crippen LogP contribution is 2.33. The Kier molecular flexibility index (Phi) is 6.97. The third-order valence-electron chi connectivity index (χ3n) is 5.77. The number of H-pyrrole nitrogens is 1. The Balaban J connectivity index is 1.27. The van der Waals surface area contributed by atoms with Crippen LogP contribution in [0.1, 0.15) is 36.0 Å². The molecule has 4 rings (SSSR count). The fourth-order valence-electron chi connectivity index (χ4n) is 3.88. The van der Waals surface area contributed by atoms with Crippen molar-refractivity contribution in [2.24, 2.45) is 0 Å². The Hall–Kier alpha value is -2.32. The first-order valence-corrected chi connectivity index (χ1v) is 12.7. The predicted molar refractivity (Wildman–Crippen MR) is 130 cm³/mol. The second kappa shape index (κ2) is 9.87. The highest BCUT2D eigenvalue weighted by atomic mass is 32.2. The number of aromatic amines is 1. The molecule has 0 spiro atoms. The summed E-state index contributed by atoms with van der Waals surface area (Å²) in [4.78, 5) is 36.8. The van der Waals surface area contributed by atoms with E-state index in [2.05, 4.69) is 39.2 Å². The molecule has 0 fully saturated rings. The second-order valence-electron chi connectivity index (χ2n) is 8.00. The van der Waals surface area contributed by atoms with Crippen LogP contribution in [-0.4, -0.2) is 41.3 Å². The average Bonchev–Trinajstić information content (AvgIpc) is 3.16. The van der Waals surface area contributed by atoms with Gasteiger partial charge in [-0.2, -0.15) is 0 Å². The summed E-state index contributed by atoms with van der Waals surface area (Å²) >= 11 is 3.13.